The van der Waals surface area contributed by atoms with Crippen LogP contribution >= 0.6 is 0 Å². The van der Waals surface area contributed by atoms with E-state index in [9.17, 15) is 4.79 Å². The lowest BCUT2D eigenvalue weighted by atomic mass is 10.1. The zero-order valence-electron chi connectivity index (χ0n) is 13.3. The van der Waals surface area contributed by atoms with Gasteiger partial charge in [0.25, 0.3) is 0 Å². The summed E-state index contributed by atoms with van der Waals surface area (Å²) in [5.74, 6) is 0.893. The Morgan fingerprint density at radius 2 is 2.10 bits per heavy atom. The molecule has 1 aliphatic rings. The molecule has 2 N–H and O–H groups in total. The highest BCUT2D eigenvalue weighted by Gasteiger charge is 2.32. The first-order valence-electron chi connectivity index (χ1n) is 7.43. The summed E-state index contributed by atoms with van der Waals surface area (Å²) < 4.78 is 5.74. The van der Waals surface area contributed by atoms with Crippen LogP contribution in [-0.2, 0) is 4.79 Å². The quantitative estimate of drug-likeness (QED) is 0.863. The highest BCUT2D eigenvalue weighted by Crippen LogP contribution is 2.31. The smallest absolute Gasteiger partial charge is 0.244 e. The highest BCUT2D eigenvalue weighted by atomic mass is 16.5. The lowest BCUT2D eigenvalue weighted by molar-refractivity contribution is -0.129. The highest BCUT2D eigenvalue weighted by molar-refractivity contribution is 5.86. The number of ether oxygens (including phenoxy) is 1. The van der Waals surface area contributed by atoms with Crippen molar-refractivity contribution in [2.24, 2.45) is 0 Å². The molecule has 0 bridgehead atoms. The first kappa shape index (κ1) is 15.5. The Hall–Kier alpha value is -1.91. The maximum absolute atomic E-state index is 12.3. The lowest BCUT2D eigenvalue weighted by Gasteiger charge is -2.28. The predicted molar refractivity (Wildman–Crippen MR) is 85.7 cm³/mol. The third-order valence-electron chi connectivity index (χ3n) is 3.60. The first-order valence-corrected chi connectivity index (χ1v) is 7.43. The molecule has 1 aromatic rings. The zero-order chi connectivity index (χ0) is 15.6. The molecule has 116 valence electrons. The fourth-order valence-corrected chi connectivity index (χ4v) is 2.74. The molecule has 0 saturated carbocycles. The second-order valence-electron chi connectivity index (χ2n) is 6.01. The standard InChI is InChI=1S/C16H25N3O2/c1-11(2)21-14-9-12(17)8-13(10-14)19-7-5-6-15(19)16(20)18(3)4/h8-11,15H,5-7,17H2,1-4H3. The van der Waals surface area contributed by atoms with E-state index in [1.807, 2.05) is 32.0 Å². The Bertz CT molecular complexity index is 514. The topological polar surface area (TPSA) is 58.8 Å². The second-order valence-corrected chi connectivity index (χ2v) is 6.01. The molecule has 1 aromatic carbocycles. The molecule has 0 radical (unpaired) electrons. The van der Waals surface area contributed by atoms with E-state index in [0.717, 1.165) is 30.8 Å². The largest absolute Gasteiger partial charge is 0.491 e. The number of rotatable bonds is 4. The van der Waals surface area contributed by atoms with Crippen LogP contribution in [0.3, 0.4) is 0 Å². The normalized spacial score (nSPS) is 18.1. The summed E-state index contributed by atoms with van der Waals surface area (Å²) in [5.41, 5.74) is 7.60. The SMILES string of the molecule is CC(C)Oc1cc(N)cc(N2CCCC2C(=O)N(C)C)c1. The zero-order valence-corrected chi connectivity index (χ0v) is 13.3. The molecule has 1 aliphatic heterocycles. The average Bonchev–Trinajstić information content (AvgIpc) is 2.85. The summed E-state index contributed by atoms with van der Waals surface area (Å²) in [5, 5.41) is 0. The molecule has 5 heteroatoms. The number of nitrogens with two attached hydrogens (primary N) is 1. The number of likely N-dealkylation sites (N-methyl/N-ethyl adjacent to an activating group) is 1. The van der Waals surface area contributed by atoms with Crippen molar-refractivity contribution in [1.29, 1.82) is 0 Å². The molecular weight excluding hydrogens is 266 g/mol. The van der Waals surface area contributed by atoms with Crippen molar-refractivity contribution in [2.45, 2.75) is 38.8 Å². The molecule has 21 heavy (non-hydrogen) atoms. The summed E-state index contributed by atoms with van der Waals surface area (Å²) in [6.45, 7) is 4.84. The van der Waals surface area contributed by atoms with Crippen molar-refractivity contribution in [3.05, 3.63) is 18.2 Å². The number of benzene rings is 1. The average molecular weight is 291 g/mol. The van der Waals surface area contributed by atoms with Crippen LogP contribution in [-0.4, -0.2) is 43.6 Å². The van der Waals surface area contributed by atoms with Crippen LogP contribution < -0.4 is 15.4 Å². The van der Waals surface area contributed by atoms with Gasteiger partial charge in [-0.1, -0.05) is 0 Å². The number of carbonyl (C=O) groups excluding carboxylic acids is 1. The van der Waals surface area contributed by atoms with E-state index < -0.39 is 0 Å². The number of nitrogens with zero attached hydrogens (tertiary/aromatic N) is 2. The molecule has 0 aliphatic carbocycles. The van der Waals surface area contributed by atoms with Crippen LogP contribution in [0.2, 0.25) is 0 Å². The van der Waals surface area contributed by atoms with E-state index >= 15 is 0 Å². The van der Waals surface area contributed by atoms with Gasteiger partial charge in [-0.15, -0.1) is 0 Å². The molecule has 1 atom stereocenters. The summed E-state index contributed by atoms with van der Waals surface area (Å²) in [6, 6.07) is 5.60. The third kappa shape index (κ3) is 3.60. The van der Waals surface area contributed by atoms with Gasteiger partial charge in [-0.2, -0.15) is 0 Å². The van der Waals surface area contributed by atoms with E-state index in [4.69, 9.17) is 10.5 Å². The van der Waals surface area contributed by atoms with E-state index in [1.165, 1.54) is 0 Å². The number of anilines is 2. The number of amides is 1. The van der Waals surface area contributed by atoms with Crippen LogP contribution in [0.15, 0.2) is 18.2 Å². The van der Waals surface area contributed by atoms with E-state index in [2.05, 4.69) is 4.90 Å². The molecule has 1 fully saturated rings. The molecule has 0 aromatic heterocycles. The van der Waals surface area contributed by atoms with Gasteiger partial charge in [0.1, 0.15) is 11.8 Å². The summed E-state index contributed by atoms with van der Waals surface area (Å²) in [4.78, 5) is 16.1. The molecule has 5 nitrogen and oxygen atoms in total. The molecule has 0 spiro atoms. The van der Waals surface area contributed by atoms with Crippen molar-refractivity contribution in [1.82, 2.24) is 4.90 Å². The van der Waals surface area contributed by atoms with E-state index in [0.29, 0.717) is 5.69 Å². The van der Waals surface area contributed by atoms with Crippen molar-refractivity contribution in [3.63, 3.8) is 0 Å². The summed E-state index contributed by atoms with van der Waals surface area (Å²) in [7, 11) is 3.59. The fourth-order valence-electron chi connectivity index (χ4n) is 2.74. The van der Waals surface area contributed by atoms with Gasteiger partial charge in [0, 0.05) is 44.1 Å². The molecule has 1 saturated heterocycles. The minimum Gasteiger partial charge on any atom is -0.491 e. The fraction of sp³-hybridized carbons (Fsp3) is 0.562. The number of hydrogen-bond acceptors (Lipinski definition) is 4. The van der Waals surface area contributed by atoms with E-state index in [-0.39, 0.29) is 18.1 Å². The van der Waals surface area contributed by atoms with Gasteiger partial charge in [0.15, 0.2) is 0 Å². The number of carbonyl (C=O) groups is 1. The van der Waals surface area contributed by atoms with Gasteiger partial charge < -0.3 is 20.3 Å². The monoisotopic (exact) mass is 291 g/mol. The van der Waals surface area contributed by atoms with Crippen molar-refractivity contribution in [3.8, 4) is 5.75 Å². The van der Waals surface area contributed by atoms with Gasteiger partial charge in [-0.3, -0.25) is 4.79 Å². The molecular formula is C16H25N3O2. The van der Waals surface area contributed by atoms with E-state index in [1.54, 1.807) is 19.0 Å². The Morgan fingerprint density at radius 3 is 2.71 bits per heavy atom. The molecule has 1 amide bonds. The van der Waals surface area contributed by atoms with Crippen LogP contribution in [0.1, 0.15) is 26.7 Å². The van der Waals surface area contributed by atoms with Gasteiger partial charge in [0.05, 0.1) is 6.10 Å². The minimum atomic E-state index is -0.103. The number of hydrogen-bond donors (Lipinski definition) is 1. The van der Waals surface area contributed by atoms with Gasteiger partial charge >= 0.3 is 0 Å². The Kier molecular flexibility index (Phi) is 4.60. The first-order chi connectivity index (χ1) is 9.88. The number of nitrogen functional groups attached to an aromatic ring is 1. The van der Waals surface area contributed by atoms with Crippen molar-refractivity contribution < 1.29 is 9.53 Å². The van der Waals surface area contributed by atoms with Crippen LogP contribution in [0, 0.1) is 0 Å². The Labute approximate surface area is 126 Å². The van der Waals surface area contributed by atoms with Crippen LogP contribution in [0.4, 0.5) is 11.4 Å². The van der Waals surface area contributed by atoms with Crippen molar-refractivity contribution in [2.75, 3.05) is 31.3 Å². The minimum absolute atomic E-state index is 0.0948. The Morgan fingerprint density at radius 1 is 1.38 bits per heavy atom. The maximum Gasteiger partial charge on any atom is 0.244 e. The molecule has 1 unspecified atom stereocenters. The van der Waals surface area contributed by atoms with Gasteiger partial charge in [0.2, 0.25) is 5.91 Å². The predicted octanol–water partition coefficient (Wildman–Crippen LogP) is 2.11. The summed E-state index contributed by atoms with van der Waals surface area (Å²) >= 11 is 0. The van der Waals surface area contributed by atoms with Crippen LogP contribution in [0.25, 0.3) is 0 Å². The third-order valence-corrected chi connectivity index (χ3v) is 3.60. The lowest BCUT2D eigenvalue weighted by Crippen LogP contribution is -2.42. The Balaban J connectivity index is 2.27. The van der Waals surface area contributed by atoms with Gasteiger partial charge in [-0.05, 0) is 32.8 Å². The van der Waals surface area contributed by atoms with Crippen LogP contribution in [0.5, 0.6) is 5.75 Å². The van der Waals surface area contributed by atoms with Gasteiger partial charge in [-0.25, -0.2) is 0 Å². The molecule has 2 rings (SSSR count). The second kappa shape index (κ2) is 6.24. The summed E-state index contributed by atoms with van der Waals surface area (Å²) in [6.07, 6.45) is 1.99. The molecule has 1 heterocycles. The van der Waals surface area contributed by atoms with Crippen molar-refractivity contribution >= 4 is 17.3 Å². The maximum atomic E-state index is 12.3.